The van der Waals surface area contributed by atoms with Gasteiger partial charge in [0.05, 0.1) is 11.3 Å². The molecule has 92 valence electrons. The van der Waals surface area contributed by atoms with Gasteiger partial charge in [0, 0.05) is 19.9 Å². The Morgan fingerprint density at radius 3 is 3.00 bits per heavy atom. The van der Waals surface area contributed by atoms with Crippen LogP contribution in [0.1, 0.15) is 17.3 Å². The van der Waals surface area contributed by atoms with E-state index in [4.69, 9.17) is 9.78 Å². The highest BCUT2D eigenvalue weighted by Gasteiger charge is 2.05. The predicted molar refractivity (Wildman–Crippen MR) is 62.3 cm³/mol. The summed E-state index contributed by atoms with van der Waals surface area (Å²) in [5, 5.41) is 15.7. The molecular weight excluding hydrogens is 235 g/mol. The van der Waals surface area contributed by atoms with Crippen molar-refractivity contribution in [1.29, 1.82) is 5.26 Å². The second-order valence-electron chi connectivity index (χ2n) is 3.71. The molecule has 0 fully saturated rings. The maximum atomic E-state index is 12.9. The number of halogens is 1. The quantitative estimate of drug-likeness (QED) is 0.893. The van der Waals surface area contributed by atoms with Gasteiger partial charge in [0.2, 0.25) is 5.89 Å². The summed E-state index contributed by atoms with van der Waals surface area (Å²) in [6.07, 6.45) is 0.569. The predicted octanol–water partition coefficient (Wildman–Crippen LogP) is 2.04. The highest BCUT2D eigenvalue weighted by Crippen LogP contribution is 2.15. The van der Waals surface area contributed by atoms with Crippen molar-refractivity contribution in [3.63, 3.8) is 0 Å². The third kappa shape index (κ3) is 2.83. The molecule has 5 nitrogen and oxygen atoms in total. The first-order valence-electron chi connectivity index (χ1n) is 5.42. The summed E-state index contributed by atoms with van der Waals surface area (Å²) >= 11 is 0. The van der Waals surface area contributed by atoms with Gasteiger partial charge in [-0.2, -0.15) is 10.2 Å². The number of nitriles is 1. The zero-order valence-corrected chi connectivity index (χ0v) is 9.77. The van der Waals surface area contributed by atoms with Gasteiger partial charge in [-0.1, -0.05) is 5.16 Å². The Morgan fingerprint density at radius 2 is 2.33 bits per heavy atom. The van der Waals surface area contributed by atoms with Gasteiger partial charge in [0.1, 0.15) is 11.9 Å². The van der Waals surface area contributed by atoms with Crippen LogP contribution in [-0.4, -0.2) is 16.7 Å². The molecular formula is C12H11FN4O. The van der Waals surface area contributed by atoms with E-state index in [1.54, 1.807) is 6.92 Å². The molecule has 1 aromatic carbocycles. The average molecular weight is 246 g/mol. The maximum absolute atomic E-state index is 12.9. The summed E-state index contributed by atoms with van der Waals surface area (Å²) in [6.45, 7) is 2.26. The summed E-state index contributed by atoms with van der Waals surface area (Å²) in [7, 11) is 0. The first-order valence-corrected chi connectivity index (χ1v) is 5.42. The normalized spacial score (nSPS) is 10.1. The molecule has 0 saturated carbocycles. The lowest BCUT2D eigenvalue weighted by Gasteiger charge is -2.06. The lowest BCUT2D eigenvalue weighted by molar-refractivity contribution is 0.387. The van der Waals surface area contributed by atoms with Crippen LogP contribution in [0, 0.1) is 24.1 Å². The Morgan fingerprint density at radius 1 is 1.50 bits per heavy atom. The Hall–Kier alpha value is -2.42. The average Bonchev–Trinajstić information content (AvgIpc) is 2.77. The van der Waals surface area contributed by atoms with Gasteiger partial charge in [0.15, 0.2) is 5.82 Å². The Labute approximate surface area is 103 Å². The van der Waals surface area contributed by atoms with E-state index in [1.165, 1.54) is 18.2 Å². The monoisotopic (exact) mass is 246 g/mol. The topological polar surface area (TPSA) is 74.7 Å². The minimum absolute atomic E-state index is 0.277. The lowest BCUT2D eigenvalue weighted by atomic mass is 10.2. The summed E-state index contributed by atoms with van der Waals surface area (Å²) in [5.41, 5.74) is 0.874. The molecule has 0 aliphatic rings. The van der Waals surface area contributed by atoms with E-state index in [1.807, 2.05) is 6.07 Å². The number of aromatic nitrogens is 2. The van der Waals surface area contributed by atoms with Crippen molar-refractivity contribution in [3.05, 3.63) is 41.3 Å². The fourth-order valence-electron chi connectivity index (χ4n) is 1.51. The summed E-state index contributed by atoms with van der Waals surface area (Å²) in [4.78, 5) is 4.06. The third-order valence-electron chi connectivity index (χ3n) is 2.34. The van der Waals surface area contributed by atoms with Crippen molar-refractivity contribution in [2.24, 2.45) is 0 Å². The van der Waals surface area contributed by atoms with E-state index in [2.05, 4.69) is 15.5 Å². The van der Waals surface area contributed by atoms with Crippen molar-refractivity contribution < 1.29 is 8.91 Å². The number of nitrogens with one attached hydrogen (secondary N) is 1. The van der Waals surface area contributed by atoms with Crippen LogP contribution in [0.3, 0.4) is 0 Å². The van der Waals surface area contributed by atoms with Crippen LogP contribution in [0.5, 0.6) is 0 Å². The molecule has 1 N–H and O–H groups in total. The van der Waals surface area contributed by atoms with Gasteiger partial charge in [-0.3, -0.25) is 0 Å². The largest absolute Gasteiger partial charge is 0.384 e. The van der Waals surface area contributed by atoms with Crippen LogP contribution in [0.15, 0.2) is 22.7 Å². The molecule has 0 atom stereocenters. The van der Waals surface area contributed by atoms with E-state index in [9.17, 15) is 4.39 Å². The van der Waals surface area contributed by atoms with E-state index < -0.39 is 5.82 Å². The zero-order chi connectivity index (χ0) is 13.0. The second kappa shape index (κ2) is 5.27. The van der Waals surface area contributed by atoms with Gasteiger partial charge >= 0.3 is 0 Å². The van der Waals surface area contributed by atoms with Gasteiger partial charge in [-0.05, 0) is 18.2 Å². The maximum Gasteiger partial charge on any atom is 0.223 e. The van der Waals surface area contributed by atoms with Crippen molar-refractivity contribution in [1.82, 2.24) is 10.1 Å². The zero-order valence-electron chi connectivity index (χ0n) is 9.77. The van der Waals surface area contributed by atoms with Crippen molar-refractivity contribution >= 4 is 5.69 Å². The molecule has 0 aliphatic heterocycles. The van der Waals surface area contributed by atoms with Crippen LogP contribution in [0.4, 0.5) is 10.1 Å². The van der Waals surface area contributed by atoms with Crippen LogP contribution in [0.25, 0.3) is 0 Å². The molecule has 1 aromatic heterocycles. The van der Waals surface area contributed by atoms with Crippen molar-refractivity contribution in [2.75, 3.05) is 11.9 Å². The van der Waals surface area contributed by atoms with Gasteiger partial charge in [0.25, 0.3) is 0 Å². The molecule has 0 spiro atoms. The number of hydrogen-bond donors (Lipinski definition) is 1. The van der Waals surface area contributed by atoms with Crippen LogP contribution >= 0.6 is 0 Å². The highest BCUT2D eigenvalue weighted by molar-refractivity contribution is 5.57. The fourth-order valence-corrected chi connectivity index (χ4v) is 1.51. The van der Waals surface area contributed by atoms with Gasteiger partial charge in [-0.25, -0.2) is 4.39 Å². The number of anilines is 1. The van der Waals surface area contributed by atoms with Crippen molar-refractivity contribution in [3.8, 4) is 6.07 Å². The molecule has 2 rings (SSSR count). The molecule has 0 bridgehead atoms. The van der Waals surface area contributed by atoms with Crippen LogP contribution in [0.2, 0.25) is 0 Å². The summed E-state index contributed by atoms with van der Waals surface area (Å²) in [5.74, 6) is 0.691. The van der Waals surface area contributed by atoms with Gasteiger partial charge < -0.3 is 9.84 Å². The molecule has 2 aromatic rings. The minimum atomic E-state index is -0.425. The van der Waals surface area contributed by atoms with E-state index >= 15 is 0 Å². The van der Waals surface area contributed by atoms with Crippen molar-refractivity contribution in [2.45, 2.75) is 13.3 Å². The molecule has 6 heteroatoms. The Balaban J connectivity index is 1.96. The number of rotatable bonds is 4. The Bertz CT molecular complexity index is 588. The summed E-state index contributed by atoms with van der Waals surface area (Å²) in [6, 6.07) is 5.98. The van der Waals surface area contributed by atoms with E-state index in [-0.39, 0.29) is 5.56 Å². The lowest BCUT2D eigenvalue weighted by Crippen LogP contribution is -2.07. The standard InChI is InChI=1S/C12H11FN4O/c1-8-16-12(17-18-8)4-5-15-11-3-2-10(13)6-9(11)7-14/h2-3,6,15H,4-5H2,1H3. The number of aryl methyl sites for hydroxylation is 1. The SMILES string of the molecule is Cc1nc(CCNc2ccc(F)cc2C#N)no1. The molecule has 1 heterocycles. The molecule has 0 unspecified atom stereocenters. The molecule has 0 radical (unpaired) electrons. The molecule has 0 saturated heterocycles. The number of benzene rings is 1. The van der Waals surface area contributed by atoms with E-state index in [0.717, 1.165) is 0 Å². The molecule has 18 heavy (non-hydrogen) atoms. The first kappa shape index (κ1) is 12.0. The number of nitrogens with zero attached hydrogens (tertiary/aromatic N) is 3. The van der Waals surface area contributed by atoms with Gasteiger partial charge in [-0.15, -0.1) is 0 Å². The number of hydrogen-bond acceptors (Lipinski definition) is 5. The summed E-state index contributed by atoms with van der Waals surface area (Å²) < 4.78 is 17.7. The Kier molecular flexibility index (Phi) is 3.53. The van der Waals surface area contributed by atoms with Crippen LogP contribution in [-0.2, 0) is 6.42 Å². The minimum Gasteiger partial charge on any atom is -0.384 e. The fraction of sp³-hybridized carbons (Fsp3) is 0.250. The third-order valence-corrected chi connectivity index (χ3v) is 2.34. The highest BCUT2D eigenvalue weighted by atomic mass is 19.1. The smallest absolute Gasteiger partial charge is 0.223 e. The molecule has 0 aliphatic carbocycles. The van der Waals surface area contributed by atoms with E-state index in [0.29, 0.717) is 30.4 Å². The first-order chi connectivity index (χ1) is 8.69. The second-order valence-corrected chi connectivity index (χ2v) is 3.71. The van der Waals surface area contributed by atoms with Crippen LogP contribution < -0.4 is 5.32 Å². The molecule has 0 amide bonds.